The molecule has 3 aromatic carbocycles. The van der Waals surface area contributed by atoms with Gasteiger partial charge in [0, 0.05) is 43.9 Å². The molecule has 1 atom stereocenters. The van der Waals surface area contributed by atoms with Crippen molar-refractivity contribution in [1.29, 1.82) is 5.41 Å². The van der Waals surface area contributed by atoms with Gasteiger partial charge >= 0.3 is 24.3 Å². The van der Waals surface area contributed by atoms with E-state index in [4.69, 9.17) is 30.5 Å². The lowest BCUT2D eigenvalue weighted by molar-refractivity contribution is -0.192. The van der Waals surface area contributed by atoms with Gasteiger partial charge in [-0.1, -0.05) is 54.6 Å². The lowest BCUT2D eigenvalue weighted by Gasteiger charge is -2.34. The largest absolute Gasteiger partial charge is 0.490 e. The molecule has 17 nitrogen and oxygen atoms in total. The van der Waals surface area contributed by atoms with Gasteiger partial charge in [-0.3, -0.25) is 15.0 Å². The molecule has 1 aliphatic rings. The summed E-state index contributed by atoms with van der Waals surface area (Å²) in [6.07, 6.45) is -4.29. The van der Waals surface area contributed by atoms with E-state index in [9.17, 15) is 40.8 Å². The van der Waals surface area contributed by atoms with Gasteiger partial charge in [0.05, 0.1) is 4.90 Å². The van der Waals surface area contributed by atoms with Crippen LogP contribution in [0.1, 0.15) is 63.1 Å². The fourth-order valence-corrected chi connectivity index (χ4v) is 7.14. The number of alkyl carbamates (subject to hydrolysis) is 2. The topological polar surface area (TPSA) is 259 Å². The molecule has 1 fully saturated rings. The molecule has 0 aliphatic carbocycles. The molecule has 0 aromatic heterocycles. The number of amides is 4. The highest BCUT2D eigenvalue weighted by molar-refractivity contribution is 7.89. The molecule has 0 spiro atoms. The van der Waals surface area contributed by atoms with Crippen LogP contribution in [0, 0.1) is 11.3 Å². The predicted octanol–water partition coefficient (Wildman–Crippen LogP) is 4.90. The molecule has 62 heavy (non-hydrogen) atoms. The van der Waals surface area contributed by atoms with E-state index in [-0.39, 0.29) is 48.3 Å². The number of alkyl halides is 3. The average Bonchev–Trinajstić information content (AvgIpc) is 3.19. The molecule has 338 valence electrons. The van der Waals surface area contributed by atoms with E-state index < -0.39 is 57.8 Å². The Morgan fingerprint density at radius 1 is 0.887 bits per heavy atom. The highest BCUT2D eigenvalue weighted by Crippen LogP contribution is 2.23. The standard InChI is InChI=1S/C39H51N7O8S.C2HF3O2/c1-39(2,3)54-38(50)43-19-15-27-17-21-46(22-18-27)36(48)33(24-29-11-7-12-30(23-29)35(40)41)45-55(51,52)32-14-8-13-31(25-32)44-34(47)16-20-42-37(49)53-26-28-9-5-4-6-10-28;3-2(4,5)1(6)7/h4-14,23,25,27,33,45H,15-22,24,26H2,1-3H3,(H3,40,41)(H,42,49)(H,43,50)(H,44,47);(H,6,7)/t33-;/m0./s1. The normalized spacial score (nSPS) is 13.7. The Kier molecular flexibility index (Phi) is 18.7. The zero-order valence-corrected chi connectivity index (χ0v) is 35.2. The van der Waals surface area contributed by atoms with E-state index in [0.29, 0.717) is 50.0 Å². The number of nitrogens with two attached hydrogens (primary N) is 1. The third-order valence-electron chi connectivity index (χ3n) is 8.93. The summed E-state index contributed by atoms with van der Waals surface area (Å²) in [5.74, 6) is -3.53. The van der Waals surface area contributed by atoms with Crippen molar-refractivity contribution in [3.05, 3.63) is 95.6 Å². The van der Waals surface area contributed by atoms with Crippen molar-refractivity contribution in [2.24, 2.45) is 11.7 Å². The van der Waals surface area contributed by atoms with Crippen LogP contribution in [0.5, 0.6) is 0 Å². The van der Waals surface area contributed by atoms with Crippen LogP contribution in [0.4, 0.5) is 28.4 Å². The number of ether oxygens (including phenoxy) is 2. The monoisotopic (exact) mass is 891 g/mol. The third kappa shape index (κ3) is 18.2. The second kappa shape index (κ2) is 23.1. The third-order valence-corrected chi connectivity index (χ3v) is 10.4. The number of nitrogens with one attached hydrogen (secondary N) is 5. The van der Waals surface area contributed by atoms with Crippen LogP contribution in [0.2, 0.25) is 0 Å². The molecule has 0 bridgehead atoms. The highest BCUT2D eigenvalue weighted by atomic mass is 32.2. The molecular weight excluding hydrogens is 840 g/mol. The Hall–Kier alpha value is -6.22. The number of benzene rings is 3. The second-order valence-electron chi connectivity index (χ2n) is 15.1. The summed E-state index contributed by atoms with van der Waals surface area (Å²) < 4.78 is 72.4. The molecule has 3 aromatic rings. The molecule has 1 saturated heterocycles. The number of likely N-dealkylation sites (tertiary alicyclic amines) is 1. The SMILES string of the molecule is CC(C)(C)OC(=O)NCCC1CCN(C(=O)[C@H](Cc2cccc(C(=N)N)c2)NS(=O)(=O)c2cccc(NC(=O)CCNC(=O)OCc3ccccc3)c2)CC1.O=C(O)C(F)(F)F. The lowest BCUT2D eigenvalue weighted by atomic mass is 9.93. The molecular formula is C41H52F3N7O10S. The Morgan fingerprint density at radius 2 is 1.50 bits per heavy atom. The number of carboxylic acid groups (broad SMARTS) is 1. The molecule has 1 heterocycles. The van der Waals surface area contributed by atoms with Gasteiger partial charge in [-0.15, -0.1) is 0 Å². The summed E-state index contributed by atoms with van der Waals surface area (Å²) in [5.41, 5.74) is 7.17. The number of carbonyl (C=O) groups excluding carboxylic acids is 4. The maximum atomic E-state index is 14.0. The second-order valence-corrected chi connectivity index (χ2v) is 16.8. The van der Waals surface area contributed by atoms with Gasteiger partial charge in [-0.05, 0) is 87.8 Å². The quantitative estimate of drug-likeness (QED) is 0.0752. The van der Waals surface area contributed by atoms with E-state index >= 15 is 0 Å². The van der Waals surface area contributed by atoms with Crippen molar-refractivity contribution in [1.82, 2.24) is 20.3 Å². The van der Waals surface area contributed by atoms with Crippen molar-refractivity contribution in [3.63, 3.8) is 0 Å². The molecule has 4 rings (SSSR count). The molecule has 1 aliphatic heterocycles. The fraction of sp³-hybridized carbons (Fsp3) is 0.415. The Labute approximate surface area is 357 Å². The average molecular weight is 892 g/mol. The first-order valence-electron chi connectivity index (χ1n) is 19.4. The van der Waals surface area contributed by atoms with E-state index in [0.717, 1.165) is 5.56 Å². The lowest BCUT2D eigenvalue weighted by Crippen LogP contribution is -2.51. The van der Waals surface area contributed by atoms with Crippen LogP contribution in [0.15, 0.2) is 83.8 Å². The van der Waals surface area contributed by atoms with Gasteiger partial charge in [-0.25, -0.2) is 22.8 Å². The fourth-order valence-electron chi connectivity index (χ4n) is 5.91. The number of anilines is 1. The number of halogens is 3. The number of sulfonamides is 1. The summed E-state index contributed by atoms with van der Waals surface area (Å²) in [5, 5.41) is 22.9. The first-order chi connectivity index (χ1) is 29.0. The summed E-state index contributed by atoms with van der Waals surface area (Å²) in [7, 11) is -4.29. The highest BCUT2D eigenvalue weighted by Gasteiger charge is 2.38. The number of amidine groups is 1. The number of hydrogen-bond donors (Lipinski definition) is 7. The zero-order chi connectivity index (χ0) is 46.1. The van der Waals surface area contributed by atoms with Crippen LogP contribution in [-0.2, 0) is 46.9 Å². The first-order valence-corrected chi connectivity index (χ1v) is 20.9. The minimum atomic E-state index is -5.08. The number of aliphatic carboxylic acids is 1. The molecule has 0 radical (unpaired) electrons. The number of piperidine rings is 1. The summed E-state index contributed by atoms with van der Waals surface area (Å²) in [6.45, 7) is 6.70. The van der Waals surface area contributed by atoms with Crippen LogP contribution in [0.25, 0.3) is 0 Å². The van der Waals surface area contributed by atoms with Gasteiger partial charge in [0.25, 0.3) is 0 Å². The molecule has 21 heteroatoms. The number of nitrogens with zero attached hydrogens (tertiary/aromatic N) is 1. The molecule has 0 saturated carbocycles. The summed E-state index contributed by atoms with van der Waals surface area (Å²) in [4.78, 5) is 61.1. The minimum Gasteiger partial charge on any atom is -0.475 e. The molecule has 8 N–H and O–H groups in total. The van der Waals surface area contributed by atoms with Crippen molar-refractivity contribution >= 4 is 51.5 Å². The minimum absolute atomic E-state index is 0.00384. The van der Waals surface area contributed by atoms with Crippen LogP contribution in [-0.4, -0.2) is 98.2 Å². The number of carboxylic acids is 1. The van der Waals surface area contributed by atoms with Crippen LogP contribution < -0.4 is 26.4 Å². The number of rotatable bonds is 16. The Morgan fingerprint density at radius 3 is 2.11 bits per heavy atom. The van der Waals surface area contributed by atoms with Gasteiger partial charge < -0.3 is 41.2 Å². The number of nitrogen functional groups attached to an aromatic ring is 1. The van der Waals surface area contributed by atoms with Crippen LogP contribution >= 0.6 is 0 Å². The van der Waals surface area contributed by atoms with Gasteiger partial charge in [0.2, 0.25) is 21.8 Å². The predicted molar refractivity (Wildman–Crippen MR) is 221 cm³/mol. The molecule has 4 amide bonds. The summed E-state index contributed by atoms with van der Waals surface area (Å²) >= 11 is 0. The van der Waals surface area contributed by atoms with E-state index in [1.54, 1.807) is 49.9 Å². The maximum Gasteiger partial charge on any atom is 0.490 e. The summed E-state index contributed by atoms with van der Waals surface area (Å²) in [6, 6.07) is 20.3. The van der Waals surface area contributed by atoms with Crippen molar-refractivity contribution in [3.8, 4) is 0 Å². The Bertz CT molecular complexity index is 2130. The maximum absolute atomic E-state index is 14.0. The zero-order valence-electron chi connectivity index (χ0n) is 34.4. The van der Waals surface area contributed by atoms with Gasteiger partial charge in [0.1, 0.15) is 24.1 Å². The van der Waals surface area contributed by atoms with E-state index in [2.05, 4.69) is 20.7 Å². The van der Waals surface area contributed by atoms with Crippen LogP contribution in [0.3, 0.4) is 0 Å². The van der Waals surface area contributed by atoms with Gasteiger partial charge in [-0.2, -0.15) is 17.9 Å². The van der Waals surface area contributed by atoms with Crippen molar-refractivity contribution in [2.75, 3.05) is 31.5 Å². The Balaban J connectivity index is 0.00000134. The number of hydrogen-bond acceptors (Lipinski definition) is 10. The molecule has 0 unspecified atom stereocenters. The van der Waals surface area contributed by atoms with Crippen molar-refractivity contribution in [2.45, 2.75) is 82.2 Å². The number of carbonyl (C=O) groups is 5. The van der Waals surface area contributed by atoms with Gasteiger partial charge in [0.15, 0.2) is 0 Å². The van der Waals surface area contributed by atoms with E-state index in [1.807, 2.05) is 30.3 Å². The van der Waals surface area contributed by atoms with E-state index in [1.165, 1.54) is 24.3 Å². The first kappa shape index (κ1) is 50.1. The van der Waals surface area contributed by atoms with Crippen molar-refractivity contribution < 1.29 is 60.1 Å². The smallest absolute Gasteiger partial charge is 0.475 e.